The first-order valence-corrected chi connectivity index (χ1v) is 10.2. The van der Waals surface area contributed by atoms with Crippen LogP contribution in [-0.2, 0) is 16.1 Å². The molecular weight excluding hydrogens is 411 g/mol. The topological polar surface area (TPSA) is 79.7 Å². The number of rotatable bonds is 6. The molecule has 1 aliphatic heterocycles. The van der Waals surface area contributed by atoms with E-state index in [9.17, 15) is 19.1 Å². The summed E-state index contributed by atoms with van der Waals surface area (Å²) in [5.74, 6) is -1.76. The number of ketones is 1. The Morgan fingerprint density at radius 3 is 2.50 bits per heavy atom. The Bertz CT molecular complexity index is 1180. The third-order valence-electron chi connectivity index (χ3n) is 5.24. The fraction of sp³-hybridized carbons (Fsp3) is 0.160. The minimum atomic E-state index is -0.839. The van der Waals surface area contributed by atoms with Crippen LogP contribution in [0.4, 0.5) is 4.39 Å². The molecule has 1 atom stereocenters. The number of aliphatic hydroxyl groups is 1. The molecular formula is C25H21FN2O4. The molecule has 2 aromatic carbocycles. The standard InChI is InChI=1S/C25H21FN2O4/c1-2-32-20-5-3-4-18(14-20)22-21(23(29)17-6-8-19(26)9-7-17)24(30)25(31)28(22)15-16-10-12-27-13-11-16/h3-14,22,29H,2,15H2,1H3. The summed E-state index contributed by atoms with van der Waals surface area (Å²) in [7, 11) is 0. The van der Waals surface area contributed by atoms with Crippen molar-refractivity contribution in [2.75, 3.05) is 6.61 Å². The van der Waals surface area contributed by atoms with Gasteiger partial charge in [0.2, 0.25) is 0 Å². The third kappa shape index (κ3) is 4.09. The van der Waals surface area contributed by atoms with Crippen molar-refractivity contribution in [1.29, 1.82) is 0 Å². The lowest BCUT2D eigenvalue weighted by atomic mass is 9.95. The first-order chi connectivity index (χ1) is 15.5. The summed E-state index contributed by atoms with van der Waals surface area (Å²) in [6.45, 7) is 2.46. The zero-order valence-electron chi connectivity index (χ0n) is 17.4. The number of hydrogen-bond donors (Lipinski definition) is 1. The molecule has 7 heteroatoms. The molecule has 1 unspecified atom stereocenters. The summed E-state index contributed by atoms with van der Waals surface area (Å²) in [4.78, 5) is 31.5. The van der Waals surface area contributed by atoms with Crippen molar-refractivity contribution in [3.05, 3.63) is 101 Å². The Kier molecular flexibility index (Phi) is 5.98. The van der Waals surface area contributed by atoms with Crippen molar-refractivity contribution in [1.82, 2.24) is 9.88 Å². The zero-order chi connectivity index (χ0) is 22.7. The number of aliphatic hydroxyl groups excluding tert-OH is 1. The number of carbonyl (C=O) groups is 2. The highest BCUT2D eigenvalue weighted by Gasteiger charge is 2.46. The molecule has 1 aromatic heterocycles. The second-order valence-corrected chi connectivity index (χ2v) is 7.29. The van der Waals surface area contributed by atoms with Crippen LogP contribution in [0.5, 0.6) is 5.75 Å². The van der Waals surface area contributed by atoms with Crippen molar-refractivity contribution >= 4 is 17.4 Å². The molecule has 6 nitrogen and oxygen atoms in total. The van der Waals surface area contributed by atoms with Gasteiger partial charge in [0, 0.05) is 24.5 Å². The Labute approximate surface area is 184 Å². The van der Waals surface area contributed by atoms with Crippen molar-refractivity contribution in [3.8, 4) is 5.75 Å². The molecule has 162 valence electrons. The Hall–Kier alpha value is -4.00. The number of carbonyl (C=O) groups excluding carboxylic acids is 2. The molecule has 0 radical (unpaired) electrons. The molecule has 4 rings (SSSR count). The molecule has 1 fully saturated rings. The number of Topliss-reactive ketones (excluding diaryl/α,β-unsaturated/α-hetero) is 1. The highest BCUT2D eigenvalue weighted by atomic mass is 19.1. The molecule has 0 bridgehead atoms. The predicted octanol–water partition coefficient (Wildman–Crippen LogP) is 4.24. The molecule has 1 N–H and O–H groups in total. The smallest absolute Gasteiger partial charge is 0.295 e. The Balaban J connectivity index is 1.86. The lowest BCUT2D eigenvalue weighted by molar-refractivity contribution is -0.140. The average Bonchev–Trinajstić information content (AvgIpc) is 3.05. The van der Waals surface area contributed by atoms with E-state index >= 15 is 0 Å². The van der Waals surface area contributed by atoms with E-state index in [0.29, 0.717) is 17.9 Å². The largest absolute Gasteiger partial charge is 0.507 e. The summed E-state index contributed by atoms with van der Waals surface area (Å²) < 4.78 is 19.0. The maximum Gasteiger partial charge on any atom is 0.295 e. The van der Waals surface area contributed by atoms with Crippen LogP contribution in [0.3, 0.4) is 0 Å². The molecule has 1 aliphatic rings. The number of amides is 1. The highest BCUT2D eigenvalue weighted by Crippen LogP contribution is 2.41. The minimum absolute atomic E-state index is 0.0516. The van der Waals surface area contributed by atoms with Gasteiger partial charge in [-0.15, -0.1) is 0 Å². The number of pyridine rings is 1. The number of hydrogen-bond acceptors (Lipinski definition) is 5. The van der Waals surface area contributed by atoms with E-state index in [1.165, 1.54) is 29.2 Å². The lowest BCUT2D eigenvalue weighted by Crippen LogP contribution is -2.29. The molecule has 0 aliphatic carbocycles. The van der Waals surface area contributed by atoms with E-state index < -0.39 is 23.5 Å². The van der Waals surface area contributed by atoms with Gasteiger partial charge in [-0.3, -0.25) is 14.6 Å². The van der Waals surface area contributed by atoms with E-state index in [1.54, 1.807) is 48.8 Å². The van der Waals surface area contributed by atoms with Crippen molar-refractivity contribution in [2.45, 2.75) is 19.5 Å². The monoisotopic (exact) mass is 432 g/mol. The second kappa shape index (κ2) is 9.01. The van der Waals surface area contributed by atoms with E-state index in [-0.39, 0.29) is 23.4 Å². The molecule has 0 spiro atoms. The van der Waals surface area contributed by atoms with Gasteiger partial charge in [0.15, 0.2) is 0 Å². The van der Waals surface area contributed by atoms with Crippen LogP contribution in [0.1, 0.15) is 29.7 Å². The molecule has 3 aromatic rings. The van der Waals surface area contributed by atoms with Gasteiger partial charge in [-0.1, -0.05) is 12.1 Å². The van der Waals surface area contributed by atoms with Gasteiger partial charge in [-0.25, -0.2) is 4.39 Å². The van der Waals surface area contributed by atoms with Crippen LogP contribution in [-0.4, -0.2) is 33.3 Å². The number of nitrogens with zero attached hydrogens (tertiary/aromatic N) is 2. The van der Waals surface area contributed by atoms with Crippen LogP contribution in [0.15, 0.2) is 78.6 Å². The van der Waals surface area contributed by atoms with Gasteiger partial charge in [-0.05, 0) is 66.6 Å². The van der Waals surface area contributed by atoms with Crippen LogP contribution >= 0.6 is 0 Å². The van der Waals surface area contributed by atoms with Gasteiger partial charge in [-0.2, -0.15) is 0 Å². The molecule has 32 heavy (non-hydrogen) atoms. The van der Waals surface area contributed by atoms with Crippen LogP contribution < -0.4 is 4.74 Å². The first-order valence-electron chi connectivity index (χ1n) is 10.2. The fourth-order valence-corrected chi connectivity index (χ4v) is 3.78. The summed E-state index contributed by atoms with van der Waals surface area (Å²) in [5, 5.41) is 11.0. The number of likely N-dealkylation sites (tertiary alicyclic amines) is 1. The lowest BCUT2D eigenvalue weighted by Gasteiger charge is -2.25. The fourth-order valence-electron chi connectivity index (χ4n) is 3.78. The summed E-state index contributed by atoms with van der Waals surface area (Å²) >= 11 is 0. The van der Waals surface area contributed by atoms with E-state index in [1.807, 2.05) is 6.92 Å². The molecule has 1 amide bonds. The van der Waals surface area contributed by atoms with Crippen LogP contribution in [0, 0.1) is 5.82 Å². The first kappa shape index (κ1) is 21.2. The number of benzene rings is 2. The minimum Gasteiger partial charge on any atom is -0.507 e. The van der Waals surface area contributed by atoms with Gasteiger partial charge >= 0.3 is 0 Å². The highest BCUT2D eigenvalue weighted by molar-refractivity contribution is 6.46. The zero-order valence-corrected chi connectivity index (χ0v) is 17.4. The van der Waals surface area contributed by atoms with Crippen molar-refractivity contribution < 1.29 is 23.8 Å². The maximum absolute atomic E-state index is 13.4. The predicted molar refractivity (Wildman–Crippen MR) is 116 cm³/mol. The quantitative estimate of drug-likeness (QED) is 0.358. The summed E-state index contributed by atoms with van der Waals surface area (Å²) in [6.07, 6.45) is 3.21. The van der Waals surface area contributed by atoms with E-state index in [2.05, 4.69) is 4.98 Å². The van der Waals surface area contributed by atoms with Gasteiger partial charge < -0.3 is 14.7 Å². The van der Waals surface area contributed by atoms with Gasteiger partial charge in [0.1, 0.15) is 17.3 Å². The number of aromatic nitrogens is 1. The van der Waals surface area contributed by atoms with Gasteiger partial charge in [0.05, 0.1) is 18.2 Å². The summed E-state index contributed by atoms with van der Waals surface area (Å²) in [6, 6.07) is 14.9. The van der Waals surface area contributed by atoms with Crippen LogP contribution in [0.25, 0.3) is 5.76 Å². The molecule has 1 saturated heterocycles. The molecule has 0 saturated carbocycles. The SMILES string of the molecule is CCOc1cccc(C2C(=C(O)c3ccc(F)cc3)C(=O)C(=O)N2Cc2ccncc2)c1. The van der Waals surface area contributed by atoms with Gasteiger partial charge in [0.25, 0.3) is 11.7 Å². The van der Waals surface area contributed by atoms with E-state index in [4.69, 9.17) is 4.74 Å². The number of halogens is 1. The van der Waals surface area contributed by atoms with E-state index in [0.717, 1.165) is 5.56 Å². The van der Waals surface area contributed by atoms with Crippen molar-refractivity contribution in [2.24, 2.45) is 0 Å². The van der Waals surface area contributed by atoms with Crippen molar-refractivity contribution in [3.63, 3.8) is 0 Å². The maximum atomic E-state index is 13.4. The molecule has 2 heterocycles. The number of ether oxygens (including phenoxy) is 1. The third-order valence-corrected chi connectivity index (χ3v) is 5.24. The Morgan fingerprint density at radius 2 is 1.81 bits per heavy atom. The second-order valence-electron chi connectivity index (χ2n) is 7.29. The Morgan fingerprint density at radius 1 is 1.09 bits per heavy atom. The average molecular weight is 432 g/mol. The normalized spacial score (nSPS) is 17.6. The summed E-state index contributed by atoms with van der Waals surface area (Å²) in [5.41, 5.74) is 1.60. The van der Waals surface area contributed by atoms with Crippen LogP contribution in [0.2, 0.25) is 0 Å².